The molecule has 104 valence electrons. The summed E-state index contributed by atoms with van der Waals surface area (Å²) in [5, 5.41) is 6.51. The van der Waals surface area contributed by atoms with Crippen molar-refractivity contribution in [2.75, 3.05) is 34.4 Å². The van der Waals surface area contributed by atoms with Crippen molar-refractivity contribution < 1.29 is 13.3 Å². The lowest BCUT2D eigenvalue weighted by molar-refractivity contribution is 0.120. The molecule has 0 aromatic rings. The Morgan fingerprint density at radius 3 is 1.88 bits per heavy atom. The maximum Gasteiger partial charge on any atom is 0.501 e. The molecular formula is C10H27N3O3Si. The van der Waals surface area contributed by atoms with Gasteiger partial charge in [-0.3, -0.25) is 0 Å². The Labute approximate surface area is 106 Å². The van der Waals surface area contributed by atoms with Crippen LogP contribution in [0.25, 0.3) is 0 Å². The van der Waals surface area contributed by atoms with E-state index >= 15 is 0 Å². The average Bonchev–Trinajstić information content (AvgIpc) is 2.32. The van der Waals surface area contributed by atoms with Gasteiger partial charge in [-0.1, -0.05) is 0 Å². The van der Waals surface area contributed by atoms with Gasteiger partial charge in [0.25, 0.3) is 0 Å². The fourth-order valence-electron chi connectivity index (χ4n) is 1.57. The van der Waals surface area contributed by atoms with E-state index in [1.807, 2.05) is 6.92 Å². The molecule has 7 heteroatoms. The van der Waals surface area contributed by atoms with E-state index in [2.05, 4.69) is 17.6 Å². The molecule has 2 atom stereocenters. The van der Waals surface area contributed by atoms with E-state index in [-0.39, 0.29) is 12.2 Å². The third-order valence-corrected chi connectivity index (χ3v) is 5.55. The van der Waals surface area contributed by atoms with E-state index in [0.29, 0.717) is 0 Å². The molecule has 0 saturated carbocycles. The molecule has 0 amide bonds. The second-order valence-corrected chi connectivity index (χ2v) is 7.10. The number of hydrogen-bond acceptors (Lipinski definition) is 6. The van der Waals surface area contributed by atoms with E-state index in [4.69, 9.17) is 19.0 Å². The van der Waals surface area contributed by atoms with E-state index < -0.39 is 8.80 Å². The Balaban J connectivity index is 3.86. The fourth-order valence-corrected chi connectivity index (χ4v) is 3.46. The van der Waals surface area contributed by atoms with Gasteiger partial charge >= 0.3 is 8.80 Å². The zero-order valence-electron chi connectivity index (χ0n) is 11.6. The molecule has 0 aliphatic rings. The summed E-state index contributed by atoms with van der Waals surface area (Å²) in [5.74, 6) is 0. The van der Waals surface area contributed by atoms with Crippen LogP contribution in [0, 0.1) is 0 Å². The predicted molar refractivity (Wildman–Crippen MR) is 70.7 cm³/mol. The standard InChI is InChI=1S/C10H27N3O3Si/c1-9(12-6-7-13-10(2)11)8-17(14-3,15-4)16-5/h9-10,12-13H,6-8,11H2,1-5H3. The highest BCUT2D eigenvalue weighted by Gasteiger charge is 2.39. The van der Waals surface area contributed by atoms with Gasteiger partial charge in [-0.05, 0) is 13.8 Å². The zero-order chi connectivity index (χ0) is 13.3. The molecule has 6 nitrogen and oxygen atoms in total. The van der Waals surface area contributed by atoms with Crippen LogP contribution in [-0.4, -0.2) is 55.4 Å². The molecule has 0 radical (unpaired) electrons. The average molecular weight is 265 g/mol. The topological polar surface area (TPSA) is 77.8 Å². The summed E-state index contributed by atoms with van der Waals surface area (Å²) < 4.78 is 16.1. The zero-order valence-corrected chi connectivity index (χ0v) is 12.6. The number of nitrogens with two attached hydrogens (primary N) is 1. The quantitative estimate of drug-likeness (QED) is 0.287. The Morgan fingerprint density at radius 2 is 1.47 bits per heavy atom. The van der Waals surface area contributed by atoms with Crippen molar-refractivity contribution in [2.24, 2.45) is 5.73 Å². The van der Waals surface area contributed by atoms with Crippen molar-refractivity contribution in [3.63, 3.8) is 0 Å². The highest BCUT2D eigenvalue weighted by atomic mass is 28.4. The first kappa shape index (κ1) is 17.0. The summed E-state index contributed by atoms with van der Waals surface area (Å²) in [5.41, 5.74) is 5.58. The summed E-state index contributed by atoms with van der Waals surface area (Å²) in [4.78, 5) is 0. The highest BCUT2D eigenvalue weighted by molar-refractivity contribution is 6.60. The monoisotopic (exact) mass is 265 g/mol. The molecule has 0 spiro atoms. The largest absolute Gasteiger partial charge is 0.501 e. The lowest BCUT2D eigenvalue weighted by Gasteiger charge is -2.27. The van der Waals surface area contributed by atoms with Gasteiger partial charge < -0.3 is 29.6 Å². The van der Waals surface area contributed by atoms with Crippen molar-refractivity contribution in [3.8, 4) is 0 Å². The van der Waals surface area contributed by atoms with Gasteiger partial charge in [0.05, 0.1) is 6.17 Å². The maximum atomic E-state index is 5.58. The van der Waals surface area contributed by atoms with E-state index in [1.54, 1.807) is 21.3 Å². The molecule has 0 fully saturated rings. The smallest absolute Gasteiger partial charge is 0.377 e. The molecule has 0 aliphatic heterocycles. The summed E-state index contributed by atoms with van der Waals surface area (Å²) in [6, 6.07) is 1.02. The Bertz CT molecular complexity index is 183. The van der Waals surface area contributed by atoms with Gasteiger partial charge in [0.2, 0.25) is 0 Å². The molecule has 0 aromatic heterocycles. The maximum absolute atomic E-state index is 5.58. The molecule has 17 heavy (non-hydrogen) atoms. The summed E-state index contributed by atoms with van der Waals surface area (Å²) in [7, 11) is 2.42. The van der Waals surface area contributed by atoms with Gasteiger partial charge in [-0.25, -0.2) is 0 Å². The first-order valence-electron chi connectivity index (χ1n) is 5.87. The molecule has 0 saturated heterocycles. The third-order valence-electron chi connectivity index (χ3n) is 2.57. The van der Waals surface area contributed by atoms with Crippen molar-refractivity contribution in [1.29, 1.82) is 0 Å². The highest BCUT2D eigenvalue weighted by Crippen LogP contribution is 2.14. The summed E-state index contributed by atoms with van der Waals surface area (Å²) >= 11 is 0. The lowest BCUT2D eigenvalue weighted by atomic mass is 10.4. The van der Waals surface area contributed by atoms with Crippen LogP contribution in [0.4, 0.5) is 0 Å². The van der Waals surface area contributed by atoms with Crippen LogP contribution in [0.3, 0.4) is 0 Å². The third kappa shape index (κ3) is 7.09. The summed E-state index contributed by atoms with van der Waals surface area (Å²) in [6.45, 7) is 5.70. The predicted octanol–water partition coefficient (Wildman–Crippen LogP) is -0.263. The molecule has 0 aliphatic carbocycles. The Morgan fingerprint density at radius 1 is 1.00 bits per heavy atom. The second kappa shape index (κ2) is 8.98. The van der Waals surface area contributed by atoms with Crippen molar-refractivity contribution >= 4 is 8.80 Å². The van der Waals surface area contributed by atoms with Gasteiger partial charge in [0.15, 0.2) is 0 Å². The minimum atomic E-state index is -2.47. The van der Waals surface area contributed by atoms with Crippen LogP contribution in [0.15, 0.2) is 0 Å². The minimum absolute atomic E-state index is 0.0255. The van der Waals surface area contributed by atoms with E-state index in [9.17, 15) is 0 Å². The number of nitrogens with one attached hydrogen (secondary N) is 2. The van der Waals surface area contributed by atoms with Crippen LogP contribution in [0.1, 0.15) is 13.8 Å². The van der Waals surface area contributed by atoms with Crippen molar-refractivity contribution in [2.45, 2.75) is 32.1 Å². The minimum Gasteiger partial charge on any atom is -0.377 e. The fraction of sp³-hybridized carbons (Fsp3) is 1.00. The van der Waals surface area contributed by atoms with Crippen LogP contribution in [0.2, 0.25) is 6.04 Å². The molecule has 2 unspecified atom stereocenters. The molecule has 0 rings (SSSR count). The molecule has 4 N–H and O–H groups in total. The van der Waals surface area contributed by atoms with Gasteiger partial charge in [-0.15, -0.1) is 0 Å². The van der Waals surface area contributed by atoms with Crippen LogP contribution in [-0.2, 0) is 13.3 Å². The molecular weight excluding hydrogens is 238 g/mol. The molecule has 0 heterocycles. The van der Waals surface area contributed by atoms with Crippen molar-refractivity contribution in [3.05, 3.63) is 0 Å². The van der Waals surface area contributed by atoms with Gasteiger partial charge in [-0.2, -0.15) is 0 Å². The number of rotatable bonds is 10. The lowest BCUT2D eigenvalue weighted by Crippen LogP contribution is -2.49. The van der Waals surface area contributed by atoms with E-state index in [1.165, 1.54) is 0 Å². The summed E-state index contributed by atoms with van der Waals surface area (Å²) in [6.07, 6.45) is 0.0255. The van der Waals surface area contributed by atoms with Gasteiger partial charge in [0, 0.05) is 46.5 Å². The number of hydrogen-bond donors (Lipinski definition) is 3. The van der Waals surface area contributed by atoms with Crippen LogP contribution >= 0.6 is 0 Å². The normalized spacial score (nSPS) is 15.9. The molecule has 0 bridgehead atoms. The SMILES string of the molecule is CO[Si](CC(C)NCCNC(C)N)(OC)OC. The Kier molecular flexibility index (Phi) is 8.97. The molecule has 0 aromatic carbocycles. The first-order valence-corrected chi connectivity index (χ1v) is 7.80. The van der Waals surface area contributed by atoms with E-state index in [0.717, 1.165) is 19.1 Å². The van der Waals surface area contributed by atoms with Crippen LogP contribution < -0.4 is 16.4 Å². The Hall–Kier alpha value is -0.0231. The van der Waals surface area contributed by atoms with Crippen molar-refractivity contribution in [1.82, 2.24) is 10.6 Å². The first-order chi connectivity index (χ1) is 7.99. The van der Waals surface area contributed by atoms with Gasteiger partial charge in [0.1, 0.15) is 0 Å². The second-order valence-electron chi connectivity index (χ2n) is 4.10. The van der Waals surface area contributed by atoms with Crippen LogP contribution in [0.5, 0.6) is 0 Å².